The third-order valence-electron chi connectivity index (χ3n) is 5.16. The molecule has 1 aliphatic carbocycles. The third kappa shape index (κ3) is 3.36. The molecule has 0 atom stereocenters. The first kappa shape index (κ1) is 19.5. The summed E-state index contributed by atoms with van der Waals surface area (Å²) in [6, 6.07) is 12.1. The van der Waals surface area contributed by atoms with E-state index in [9.17, 15) is 14.7 Å². The van der Waals surface area contributed by atoms with Gasteiger partial charge in [0.25, 0.3) is 0 Å². The molecule has 1 aromatic heterocycles. The lowest BCUT2D eigenvalue weighted by Crippen LogP contribution is -2.31. The molecule has 1 heterocycles. The fourth-order valence-electron chi connectivity index (χ4n) is 3.22. The van der Waals surface area contributed by atoms with Crippen molar-refractivity contribution in [1.82, 2.24) is 4.98 Å². The van der Waals surface area contributed by atoms with E-state index in [1.807, 2.05) is 0 Å². The average molecular weight is 408 g/mol. The summed E-state index contributed by atoms with van der Waals surface area (Å²) in [5, 5.41) is 12.7. The minimum atomic E-state index is -1.35. The van der Waals surface area contributed by atoms with E-state index in [1.54, 1.807) is 62.9 Å². The van der Waals surface area contributed by atoms with Gasteiger partial charge in [0, 0.05) is 17.6 Å². The lowest BCUT2D eigenvalue weighted by atomic mass is 10.1. The maximum atomic E-state index is 12.5. The van der Waals surface area contributed by atoms with E-state index >= 15 is 0 Å². The number of para-hydroxylation sites is 2. The van der Waals surface area contributed by atoms with Crippen molar-refractivity contribution >= 4 is 28.5 Å². The molecule has 154 valence electrons. The molecule has 0 radical (unpaired) electrons. The Labute approximate surface area is 172 Å². The molecular formula is C22H20N2O6. The van der Waals surface area contributed by atoms with Gasteiger partial charge in [0.2, 0.25) is 5.91 Å². The number of rotatable bonds is 7. The topological polar surface area (TPSA) is 107 Å². The Kier molecular flexibility index (Phi) is 4.91. The fraction of sp³-hybridized carbons (Fsp3) is 0.227. The maximum Gasteiger partial charge on any atom is 0.319 e. The number of pyridine rings is 1. The van der Waals surface area contributed by atoms with Crippen LogP contribution in [0.15, 0.2) is 48.7 Å². The molecule has 2 N–H and O–H groups in total. The predicted molar refractivity (Wildman–Crippen MR) is 109 cm³/mol. The summed E-state index contributed by atoms with van der Waals surface area (Å²) in [5.41, 5.74) is -0.310. The molecule has 2 aromatic carbocycles. The van der Waals surface area contributed by atoms with E-state index in [1.165, 1.54) is 0 Å². The number of benzene rings is 2. The number of aromatic nitrogens is 1. The number of fused-ring (bicyclic) bond motifs is 1. The van der Waals surface area contributed by atoms with Gasteiger partial charge in [-0.15, -0.1) is 0 Å². The normalized spacial score (nSPS) is 14.1. The number of carboxylic acid groups (broad SMARTS) is 1. The molecule has 4 rings (SSSR count). The number of aliphatic carboxylic acids is 1. The number of carbonyl (C=O) groups is 2. The molecule has 1 saturated carbocycles. The fourth-order valence-corrected chi connectivity index (χ4v) is 3.22. The smallest absolute Gasteiger partial charge is 0.319 e. The third-order valence-corrected chi connectivity index (χ3v) is 5.16. The van der Waals surface area contributed by atoms with Crippen molar-refractivity contribution in [1.29, 1.82) is 0 Å². The van der Waals surface area contributed by atoms with Crippen LogP contribution in [0.25, 0.3) is 10.9 Å². The lowest BCUT2D eigenvalue weighted by molar-refractivity contribution is -0.147. The first-order chi connectivity index (χ1) is 14.5. The van der Waals surface area contributed by atoms with Crippen LogP contribution in [-0.4, -0.2) is 36.2 Å². The van der Waals surface area contributed by atoms with Gasteiger partial charge in [-0.3, -0.25) is 14.6 Å². The zero-order valence-corrected chi connectivity index (χ0v) is 16.5. The molecule has 0 saturated heterocycles. The van der Waals surface area contributed by atoms with Crippen LogP contribution in [-0.2, 0) is 9.59 Å². The van der Waals surface area contributed by atoms with Crippen molar-refractivity contribution in [3.05, 3.63) is 48.7 Å². The molecule has 8 heteroatoms. The van der Waals surface area contributed by atoms with Gasteiger partial charge in [-0.05, 0) is 37.1 Å². The summed E-state index contributed by atoms with van der Waals surface area (Å²) < 4.78 is 16.8. The second-order valence-electron chi connectivity index (χ2n) is 6.97. The molecule has 1 aliphatic rings. The number of anilines is 1. The zero-order chi connectivity index (χ0) is 21.3. The van der Waals surface area contributed by atoms with Crippen molar-refractivity contribution in [2.45, 2.75) is 12.8 Å². The van der Waals surface area contributed by atoms with Gasteiger partial charge < -0.3 is 24.6 Å². The Morgan fingerprint density at radius 1 is 1.00 bits per heavy atom. The molecular weight excluding hydrogens is 388 g/mol. The lowest BCUT2D eigenvalue weighted by Gasteiger charge is -2.16. The quantitative estimate of drug-likeness (QED) is 0.572. The van der Waals surface area contributed by atoms with Crippen molar-refractivity contribution in [2.75, 3.05) is 19.5 Å². The number of nitrogens with one attached hydrogen (secondary N) is 1. The Hall–Kier alpha value is -3.81. The molecule has 0 aliphatic heterocycles. The monoisotopic (exact) mass is 408 g/mol. The Bertz CT molecular complexity index is 1140. The van der Waals surface area contributed by atoms with Gasteiger partial charge in [0.15, 0.2) is 17.2 Å². The molecule has 3 aromatic rings. The molecule has 0 unspecified atom stereocenters. The summed E-state index contributed by atoms with van der Waals surface area (Å²) >= 11 is 0. The van der Waals surface area contributed by atoms with Gasteiger partial charge in [-0.2, -0.15) is 0 Å². The van der Waals surface area contributed by atoms with Crippen LogP contribution in [0.3, 0.4) is 0 Å². The van der Waals surface area contributed by atoms with Crippen LogP contribution in [0.1, 0.15) is 12.8 Å². The van der Waals surface area contributed by atoms with Crippen LogP contribution in [0.4, 0.5) is 5.69 Å². The number of carboxylic acids is 1. The van der Waals surface area contributed by atoms with Crippen molar-refractivity contribution < 1.29 is 28.9 Å². The summed E-state index contributed by atoms with van der Waals surface area (Å²) in [7, 11) is 3.09. The van der Waals surface area contributed by atoms with Gasteiger partial charge in [-0.25, -0.2) is 0 Å². The van der Waals surface area contributed by atoms with Crippen LogP contribution >= 0.6 is 0 Å². The molecule has 8 nitrogen and oxygen atoms in total. The van der Waals surface area contributed by atoms with E-state index in [2.05, 4.69) is 10.3 Å². The molecule has 1 amide bonds. The number of carbonyl (C=O) groups excluding carboxylic acids is 1. The number of hydrogen-bond donors (Lipinski definition) is 2. The molecule has 1 fully saturated rings. The van der Waals surface area contributed by atoms with E-state index < -0.39 is 17.3 Å². The van der Waals surface area contributed by atoms with Crippen LogP contribution in [0, 0.1) is 5.41 Å². The van der Waals surface area contributed by atoms with E-state index in [-0.39, 0.29) is 0 Å². The maximum absolute atomic E-state index is 12.5. The Morgan fingerprint density at radius 3 is 2.37 bits per heavy atom. The number of hydrogen-bond acceptors (Lipinski definition) is 6. The van der Waals surface area contributed by atoms with E-state index in [4.69, 9.17) is 14.2 Å². The minimum Gasteiger partial charge on any atom is -0.493 e. The molecule has 0 bridgehead atoms. The SMILES string of the molecule is COc1cc2nccc(Oc3ccccc3NC(=O)C3(C(=O)O)CC3)c2cc1OC. The highest BCUT2D eigenvalue weighted by molar-refractivity contribution is 6.11. The highest BCUT2D eigenvalue weighted by atomic mass is 16.5. The summed E-state index contributed by atoms with van der Waals surface area (Å²) in [6.07, 6.45) is 2.26. The van der Waals surface area contributed by atoms with Gasteiger partial charge in [-0.1, -0.05) is 12.1 Å². The molecule has 0 spiro atoms. The summed E-state index contributed by atoms with van der Waals surface area (Å²) in [4.78, 5) is 28.3. The summed E-state index contributed by atoms with van der Waals surface area (Å²) in [5.74, 6) is 0.306. The van der Waals surface area contributed by atoms with Gasteiger partial charge >= 0.3 is 5.97 Å². The Balaban J connectivity index is 1.68. The number of ether oxygens (including phenoxy) is 3. The van der Waals surface area contributed by atoms with Crippen LogP contribution in [0.2, 0.25) is 0 Å². The van der Waals surface area contributed by atoms with Gasteiger partial charge in [0.1, 0.15) is 11.2 Å². The zero-order valence-electron chi connectivity index (χ0n) is 16.5. The predicted octanol–water partition coefficient (Wildman–Crippen LogP) is 3.85. The summed E-state index contributed by atoms with van der Waals surface area (Å²) in [6.45, 7) is 0. The average Bonchev–Trinajstić information content (AvgIpc) is 3.56. The second kappa shape index (κ2) is 7.55. The van der Waals surface area contributed by atoms with Crippen molar-refractivity contribution in [2.24, 2.45) is 5.41 Å². The highest BCUT2D eigenvalue weighted by Gasteiger charge is 2.57. The first-order valence-corrected chi connectivity index (χ1v) is 9.31. The second-order valence-corrected chi connectivity index (χ2v) is 6.97. The van der Waals surface area contributed by atoms with Crippen molar-refractivity contribution in [3.8, 4) is 23.0 Å². The Morgan fingerprint density at radius 2 is 1.70 bits per heavy atom. The van der Waals surface area contributed by atoms with Gasteiger partial charge in [0.05, 0.1) is 25.4 Å². The largest absolute Gasteiger partial charge is 0.493 e. The van der Waals surface area contributed by atoms with E-state index in [0.717, 1.165) is 0 Å². The molecule has 30 heavy (non-hydrogen) atoms. The number of methoxy groups -OCH3 is 2. The van der Waals surface area contributed by atoms with Crippen molar-refractivity contribution in [3.63, 3.8) is 0 Å². The number of amides is 1. The van der Waals surface area contributed by atoms with Crippen LogP contribution < -0.4 is 19.5 Å². The standard InChI is InChI=1S/C22H20N2O6/c1-28-18-11-13-15(12-19(18)29-2)23-10-7-16(13)30-17-6-4-3-5-14(17)24-20(25)22(8-9-22)21(26)27/h3-7,10-12H,8-9H2,1-2H3,(H,24,25)(H,26,27). The minimum absolute atomic E-state index is 0.327. The number of nitrogens with zero attached hydrogens (tertiary/aromatic N) is 1. The van der Waals surface area contributed by atoms with Crippen LogP contribution in [0.5, 0.6) is 23.0 Å². The highest BCUT2D eigenvalue weighted by Crippen LogP contribution is 2.47. The first-order valence-electron chi connectivity index (χ1n) is 9.31. The van der Waals surface area contributed by atoms with E-state index in [0.29, 0.717) is 52.4 Å².